The Hall–Kier alpha value is -1.65. The van der Waals surface area contributed by atoms with Crippen LogP contribution in [0.3, 0.4) is 0 Å². The number of aromatic nitrogens is 1. The summed E-state index contributed by atoms with van der Waals surface area (Å²) >= 11 is 5.86. The highest BCUT2D eigenvalue weighted by molar-refractivity contribution is 6.30. The molecule has 0 radical (unpaired) electrons. The first kappa shape index (κ1) is 15.7. The van der Waals surface area contributed by atoms with Crippen LogP contribution in [0.5, 0.6) is 5.75 Å². The van der Waals surface area contributed by atoms with E-state index in [-0.39, 0.29) is 11.9 Å². The van der Waals surface area contributed by atoms with Gasteiger partial charge in [-0.3, -0.25) is 4.98 Å². The molecule has 1 aromatic carbocycles. The largest absolute Gasteiger partial charge is 0.497 e. The average Bonchev–Trinajstić information content (AvgIpc) is 2.50. The molecule has 0 fully saturated rings. The fourth-order valence-corrected chi connectivity index (χ4v) is 2.20. The first-order valence-electron chi connectivity index (χ1n) is 6.84. The van der Waals surface area contributed by atoms with E-state index in [1.54, 1.807) is 30.5 Å². The molecule has 1 heterocycles. The minimum atomic E-state index is -0.320. The van der Waals surface area contributed by atoms with Gasteiger partial charge in [-0.2, -0.15) is 0 Å². The zero-order valence-electron chi connectivity index (χ0n) is 12.1. The molecule has 1 N–H and O–H groups in total. The fraction of sp³-hybridized carbons (Fsp3) is 0.312. The molecule has 0 bridgehead atoms. The van der Waals surface area contributed by atoms with Crippen LogP contribution in [0, 0.1) is 5.82 Å². The number of nitrogens with one attached hydrogen (secondary N) is 1. The molecule has 0 aliphatic heterocycles. The van der Waals surface area contributed by atoms with Gasteiger partial charge in [-0.1, -0.05) is 24.6 Å². The minimum Gasteiger partial charge on any atom is -0.497 e. The Morgan fingerprint density at radius 3 is 2.71 bits per heavy atom. The van der Waals surface area contributed by atoms with Crippen molar-refractivity contribution in [2.75, 3.05) is 13.7 Å². The number of halogens is 2. The molecule has 1 unspecified atom stereocenters. The maximum absolute atomic E-state index is 14.3. The number of hydrogen-bond acceptors (Lipinski definition) is 3. The summed E-state index contributed by atoms with van der Waals surface area (Å²) in [4.78, 5) is 4.30. The highest BCUT2D eigenvalue weighted by Gasteiger charge is 2.19. The van der Waals surface area contributed by atoms with Crippen LogP contribution in [0.25, 0.3) is 0 Å². The van der Waals surface area contributed by atoms with Crippen molar-refractivity contribution in [3.05, 3.63) is 58.6 Å². The van der Waals surface area contributed by atoms with E-state index in [1.807, 2.05) is 0 Å². The molecule has 0 amide bonds. The van der Waals surface area contributed by atoms with Gasteiger partial charge in [0.25, 0.3) is 0 Å². The Bertz CT molecular complexity index is 589. The van der Waals surface area contributed by atoms with E-state index in [1.165, 1.54) is 13.2 Å². The van der Waals surface area contributed by atoms with Crippen molar-refractivity contribution in [2.45, 2.75) is 19.4 Å². The molecular formula is C16H18ClFN2O. The van der Waals surface area contributed by atoms with Crippen LogP contribution in [-0.2, 0) is 0 Å². The van der Waals surface area contributed by atoms with E-state index >= 15 is 0 Å². The number of nitrogens with zero attached hydrogens (tertiary/aromatic N) is 1. The summed E-state index contributed by atoms with van der Waals surface area (Å²) in [5.41, 5.74) is 1.27. The van der Waals surface area contributed by atoms with Crippen molar-refractivity contribution in [2.24, 2.45) is 0 Å². The van der Waals surface area contributed by atoms with Gasteiger partial charge < -0.3 is 10.1 Å². The maximum atomic E-state index is 14.3. The zero-order chi connectivity index (χ0) is 15.2. The molecule has 0 spiro atoms. The molecule has 5 heteroatoms. The molecule has 1 atom stereocenters. The van der Waals surface area contributed by atoms with Crippen molar-refractivity contribution in [1.29, 1.82) is 0 Å². The van der Waals surface area contributed by atoms with Crippen molar-refractivity contribution in [3.63, 3.8) is 0 Å². The lowest BCUT2D eigenvalue weighted by atomic mass is 10.0. The molecule has 3 nitrogen and oxygen atoms in total. The lowest BCUT2D eigenvalue weighted by molar-refractivity contribution is 0.409. The SMILES string of the molecule is CCCNC(c1ccc(Cl)cn1)c1ccc(OC)cc1F. The molecule has 0 saturated carbocycles. The van der Waals surface area contributed by atoms with Gasteiger partial charge in [-0.25, -0.2) is 4.39 Å². The monoisotopic (exact) mass is 308 g/mol. The van der Waals surface area contributed by atoms with Crippen LogP contribution in [-0.4, -0.2) is 18.6 Å². The quantitative estimate of drug-likeness (QED) is 0.876. The van der Waals surface area contributed by atoms with Crippen LogP contribution in [0.15, 0.2) is 36.5 Å². The smallest absolute Gasteiger partial charge is 0.132 e. The molecule has 0 saturated heterocycles. The van der Waals surface area contributed by atoms with Gasteiger partial charge in [0.2, 0.25) is 0 Å². The molecule has 2 rings (SSSR count). The van der Waals surface area contributed by atoms with Crippen LogP contribution in [0.4, 0.5) is 4.39 Å². The molecule has 1 aromatic heterocycles. The highest BCUT2D eigenvalue weighted by Crippen LogP contribution is 2.26. The fourth-order valence-electron chi connectivity index (χ4n) is 2.09. The second kappa shape index (κ2) is 7.38. The first-order valence-corrected chi connectivity index (χ1v) is 7.21. The van der Waals surface area contributed by atoms with Gasteiger partial charge in [0.1, 0.15) is 11.6 Å². The lowest BCUT2D eigenvalue weighted by Gasteiger charge is -2.19. The Morgan fingerprint density at radius 2 is 2.14 bits per heavy atom. The van der Waals surface area contributed by atoms with Crippen molar-refractivity contribution >= 4 is 11.6 Å². The van der Waals surface area contributed by atoms with Crippen molar-refractivity contribution < 1.29 is 9.13 Å². The van der Waals surface area contributed by atoms with Gasteiger partial charge >= 0.3 is 0 Å². The number of benzene rings is 1. The second-order valence-electron chi connectivity index (χ2n) is 4.68. The molecule has 0 aliphatic carbocycles. The van der Waals surface area contributed by atoms with Crippen molar-refractivity contribution in [3.8, 4) is 5.75 Å². The normalized spacial score (nSPS) is 12.2. The van der Waals surface area contributed by atoms with Crippen LogP contribution < -0.4 is 10.1 Å². The van der Waals surface area contributed by atoms with Gasteiger partial charge in [-0.05, 0) is 31.2 Å². The standard InChI is InChI=1S/C16H18ClFN2O/c1-3-8-19-16(15-7-4-11(17)10-20-15)13-6-5-12(21-2)9-14(13)18/h4-7,9-10,16,19H,3,8H2,1-2H3. The number of rotatable bonds is 6. The van der Waals surface area contributed by atoms with Gasteiger partial charge in [0.05, 0.1) is 23.9 Å². The molecular weight excluding hydrogens is 291 g/mol. The molecule has 21 heavy (non-hydrogen) atoms. The van der Waals surface area contributed by atoms with Crippen LogP contribution in [0.1, 0.15) is 30.6 Å². The van der Waals surface area contributed by atoms with Crippen LogP contribution in [0.2, 0.25) is 5.02 Å². The van der Waals surface area contributed by atoms with E-state index in [0.717, 1.165) is 18.7 Å². The van der Waals surface area contributed by atoms with Crippen molar-refractivity contribution in [1.82, 2.24) is 10.3 Å². The molecule has 0 aliphatic rings. The van der Waals surface area contributed by atoms with E-state index < -0.39 is 0 Å². The maximum Gasteiger partial charge on any atom is 0.132 e. The van der Waals surface area contributed by atoms with E-state index in [0.29, 0.717) is 16.3 Å². The predicted molar refractivity (Wildman–Crippen MR) is 82.3 cm³/mol. The van der Waals surface area contributed by atoms with E-state index in [4.69, 9.17) is 16.3 Å². The topological polar surface area (TPSA) is 34.2 Å². The second-order valence-corrected chi connectivity index (χ2v) is 5.11. The Labute approximate surface area is 129 Å². The predicted octanol–water partition coefficient (Wildman–Crippen LogP) is 3.97. The van der Waals surface area contributed by atoms with E-state index in [9.17, 15) is 4.39 Å². The summed E-state index contributed by atoms with van der Waals surface area (Å²) in [5, 5.41) is 3.87. The molecule has 112 valence electrons. The third kappa shape index (κ3) is 3.93. The van der Waals surface area contributed by atoms with Gasteiger partial charge in [0, 0.05) is 17.8 Å². The lowest BCUT2D eigenvalue weighted by Crippen LogP contribution is -2.25. The minimum absolute atomic E-state index is 0.312. The number of methoxy groups -OCH3 is 1. The van der Waals surface area contributed by atoms with Crippen LogP contribution >= 0.6 is 11.6 Å². The number of hydrogen-bond donors (Lipinski definition) is 1. The summed E-state index contributed by atoms with van der Waals surface area (Å²) in [6, 6.07) is 8.09. The summed E-state index contributed by atoms with van der Waals surface area (Å²) in [6.07, 6.45) is 2.51. The Kier molecular flexibility index (Phi) is 5.53. The average molecular weight is 309 g/mol. The summed E-state index contributed by atoms with van der Waals surface area (Å²) < 4.78 is 19.3. The van der Waals surface area contributed by atoms with Gasteiger partial charge in [-0.15, -0.1) is 0 Å². The van der Waals surface area contributed by atoms with E-state index in [2.05, 4.69) is 17.2 Å². The highest BCUT2D eigenvalue weighted by atomic mass is 35.5. The summed E-state index contributed by atoms with van der Waals surface area (Å²) in [6.45, 7) is 2.82. The molecule has 2 aromatic rings. The third-order valence-corrected chi connectivity index (χ3v) is 3.39. The first-order chi connectivity index (χ1) is 10.2. The summed E-state index contributed by atoms with van der Waals surface area (Å²) in [5.74, 6) is 0.175. The van der Waals surface area contributed by atoms with Gasteiger partial charge in [0.15, 0.2) is 0 Å². The summed E-state index contributed by atoms with van der Waals surface area (Å²) in [7, 11) is 1.52. The Balaban J connectivity index is 2.37. The Morgan fingerprint density at radius 1 is 1.33 bits per heavy atom. The number of ether oxygens (including phenoxy) is 1. The zero-order valence-corrected chi connectivity index (χ0v) is 12.8. The third-order valence-electron chi connectivity index (χ3n) is 3.16. The number of pyridine rings is 1.